The van der Waals surface area contributed by atoms with E-state index in [-0.39, 0.29) is 11.1 Å². The van der Waals surface area contributed by atoms with Gasteiger partial charge < -0.3 is 5.73 Å². The highest BCUT2D eigenvalue weighted by atomic mass is 32.1. The van der Waals surface area contributed by atoms with Gasteiger partial charge in [-0.2, -0.15) is 0 Å². The van der Waals surface area contributed by atoms with Crippen LogP contribution in [0, 0.1) is 0 Å². The lowest BCUT2D eigenvalue weighted by Crippen LogP contribution is -2.14. The van der Waals surface area contributed by atoms with Gasteiger partial charge in [0.2, 0.25) is 5.91 Å². The van der Waals surface area contributed by atoms with Crippen molar-refractivity contribution in [1.82, 2.24) is 4.37 Å². The normalized spacial score (nSPS) is 10.5. The molecule has 2 rings (SSSR count). The number of carbonyl (C=O) groups is 1. The SMILES string of the molecule is NC(=O)c1cccc2s[nH]c(=O)c12. The van der Waals surface area contributed by atoms with Crippen molar-refractivity contribution in [3.05, 3.63) is 34.1 Å². The predicted octanol–water partition coefficient (Wildman–Crippen LogP) is 0.689. The van der Waals surface area contributed by atoms with Gasteiger partial charge in [0.1, 0.15) is 0 Å². The molecule has 0 aliphatic rings. The number of hydrogen-bond donors (Lipinski definition) is 2. The second kappa shape index (κ2) is 2.70. The van der Waals surface area contributed by atoms with Crippen LogP contribution in [0.2, 0.25) is 0 Å². The molecular weight excluding hydrogens is 188 g/mol. The predicted molar refractivity (Wildman–Crippen MR) is 51.0 cm³/mol. The van der Waals surface area contributed by atoms with Gasteiger partial charge in [0, 0.05) is 0 Å². The van der Waals surface area contributed by atoms with Crippen LogP contribution < -0.4 is 11.3 Å². The van der Waals surface area contributed by atoms with Gasteiger partial charge in [0.05, 0.1) is 15.6 Å². The van der Waals surface area contributed by atoms with E-state index in [0.717, 1.165) is 4.70 Å². The minimum atomic E-state index is -0.575. The third-order valence-electron chi connectivity index (χ3n) is 1.77. The molecule has 0 aliphatic carbocycles. The largest absolute Gasteiger partial charge is 0.366 e. The number of nitrogens with one attached hydrogen (secondary N) is 1. The number of fused-ring (bicyclic) bond motifs is 1. The molecule has 0 unspecified atom stereocenters. The number of primary amides is 1. The summed E-state index contributed by atoms with van der Waals surface area (Å²) in [5, 5.41) is 0.389. The number of aromatic nitrogens is 1. The molecule has 5 heteroatoms. The van der Waals surface area contributed by atoms with E-state index in [1.807, 2.05) is 0 Å². The topological polar surface area (TPSA) is 76.0 Å². The van der Waals surface area contributed by atoms with Crippen molar-refractivity contribution in [3.63, 3.8) is 0 Å². The van der Waals surface area contributed by atoms with Gasteiger partial charge in [0.25, 0.3) is 5.56 Å². The van der Waals surface area contributed by atoms with Crippen LogP contribution in [0.15, 0.2) is 23.0 Å². The molecule has 1 aromatic carbocycles. The lowest BCUT2D eigenvalue weighted by atomic mass is 10.1. The molecule has 0 spiro atoms. The lowest BCUT2D eigenvalue weighted by molar-refractivity contribution is 0.100. The molecule has 2 aromatic rings. The van der Waals surface area contributed by atoms with Gasteiger partial charge in [-0.05, 0) is 12.1 Å². The van der Waals surface area contributed by atoms with Gasteiger partial charge in [-0.3, -0.25) is 14.0 Å². The van der Waals surface area contributed by atoms with E-state index >= 15 is 0 Å². The minimum Gasteiger partial charge on any atom is -0.366 e. The van der Waals surface area contributed by atoms with Crippen molar-refractivity contribution in [2.45, 2.75) is 0 Å². The molecule has 1 amide bonds. The van der Waals surface area contributed by atoms with E-state index in [0.29, 0.717) is 5.39 Å². The molecule has 1 heterocycles. The van der Waals surface area contributed by atoms with Crippen LogP contribution in [-0.4, -0.2) is 10.3 Å². The van der Waals surface area contributed by atoms with Crippen molar-refractivity contribution in [2.24, 2.45) is 5.73 Å². The summed E-state index contributed by atoms with van der Waals surface area (Å²) in [6.07, 6.45) is 0. The molecule has 0 saturated carbocycles. The maximum atomic E-state index is 11.3. The van der Waals surface area contributed by atoms with Crippen LogP contribution in [0.4, 0.5) is 0 Å². The Labute approximate surface area is 77.1 Å². The monoisotopic (exact) mass is 194 g/mol. The molecule has 3 N–H and O–H groups in total. The number of amides is 1. The first kappa shape index (κ1) is 8.00. The average molecular weight is 194 g/mol. The Hall–Kier alpha value is -1.62. The molecular formula is C8H6N2O2S. The smallest absolute Gasteiger partial charge is 0.266 e. The highest BCUT2D eigenvalue weighted by Gasteiger charge is 2.10. The van der Waals surface area contributed by atoms with Crippen molar-refractivity contribution < 1.29 is 4.79 Å². The summed E-state index contributed by atoms with van der Waals surface area (Å²) in [6, 6.07) is 5.02. The zero-order chi connectivity index (χ0) is 9.42. The maximum absolute atomic E-state index is 11.3. The molecule has 0 radical (unpaired) electrons. The standard InChI is InChI=1S/C8H6N2O2S/c9-7(11)4-2-1-3-5-6(4)8(12)10-13-5/h1-3H,(H2,9,11)(H,10,12). The maximum Gasteiger partial charge on any atom is 0.266 e. The molecule has 66 valence electrons. The minimum absolute atomic E-state index is 0.255. The number of rotatable bonds is 1. The van der Waals surface area contributed by atoms with Crippen LogP contribution in [0.25, 0.3) is 10.1 Å². The Morgan fingerprint density at radius 2 is 2.23 bits per heavy atom. The van der Waals surface area contributed by atoms with E-state index in [1.165, 1.54) is 11.5 Å². The third kappa shape index (κ3) is 1.13. The van der Waals surface area contributed by atoms with Crippen LogP contribution in [0.5, 0.6) is 0 Å². The van der Waals surface area contributed by atoms with Crippen molar-refractivity contribution in [3.8, 4) is 0 Å². The van der Waals surface area contributed by atoms with Gasteiger partial charge in [0.15, 0.2) is 0 Å². The van der Waals surface area contributed by atoms with Crippen LogP contribution in [0.1, 0.15) is 10.4 Å². The summed E-state index contributed by atoms with van der Waals surface area (Å²) in [5.74, 6) is -0.575. The summed E-state index contributed by atoms with van der Waals surface area (Å²) in [6.45, 7) is 0. The number of nitrogens with two attached hydrogens (primary N) is 1. The number of aromatic amines is 1. The van der Waals surface area contributed by atoms with Gasteiger partial charge in [-0.25, -0.2) is 0 Å². The summed E-state index contributed by atoms with van der Waals surface area (Å²) < 4.78 is 3.30. The van der Waals surface area contributed by atoms with Crippen molar-refractivity contribution in [1.29, 1.82) is 0 Å². The quantitative estimate of drug-likeness (QED) is 0.700. The molecule has 13 heavy (non-hydrogen) atoms. The number of benzene rings is 1. The second-order valence-corrected chi connectivity index (χ2v) is 3.42. The first-order valence-electron chi connectivity index (χ1n) is 3.60. The first-order valence-corrected chi connectivity index (χ1v) is 4.42. The average Bonchev–Trinajstić information content (AvgIpc) is 2.48. The first-order chi connectivity index (χ1) is 6.20. The van der Waals surface area contributed by atoms with Crippen molar-refractivity contribution in [2.75, 3.05) is 0 Å². The number of H-pyrrole nitrogens is 1. The molecule has 1 aromatic heterocycles. The Balaban J connectivity index is 2.96. The Morgan fingerprint density at radius 3 is 2.92 bits per heavy atom. The third-order valence-corrected chi connectivity index (χ3v) is 2.62. The summed E-state index contributed by atoms with van der Waals surface area (Å²) in [4.78, 5) is 22.2. The molecule has 0 bridgehead atoms. The fourth-order valence-electron chi connectivity index (χ4n) is 1.21. The fourth-order valence-corrected chi connectivity index (χ4v) is 1.96. The van der Waals surface area contributed by atoms with Crippen LogP contribution >= 0.6 is 11.5 Å². The highest BCUT2D eigenvalue weighted by Crippen LogP contribution is 2.17. The summed E-state index contributed by atoms with van der Waals surface area (Å²) >= 11 is 1.20. The zero-order valence-electron chi connectivity index (χ0n) is 6.53. The number of hydrogen-bond acceptors (Lipinski definition) is 3. The van der Waals surface area contributed by atoms with Gasteiger partial charge >= 0.3 is 0 Å². The number of carbonyl (C=O) groups excluding carboxylic acids is 1. The Bertz CT molecular complexity index is 526. The van der Waals surface area contributed by atoms with Crippen LogP contribution in [0.3, 0.4) is 0 Å². The van der Waals surface area contributed by atoms with E-state index in [4.69, 9.17) is 5.73 Å². The summed E-state index contributed by atoms with van der Waals surface area (Å²) in [7, 11) is 0. The van der Waals surface area contributed by atoms with Gasteiger partial charge in [-0.1, -0.05) is 17.6 Å². The van der Waals surface area contributed by atoms with E-state index in [2.05, 4.69) is 4.37 Å². The lowest BCUT2D eigenvalue weighted by Gasteiger charge is -1.94. The van der Waals surface area contributed by atoms with E-state index in [1.54, 1.807) is 18.2 Å². The van der Waals surface area contributed by atoms with E-state index in [9.17, 15) is 9.59 Å². The highest BCUT2D eigenvalue weighted by molar-refractivity contribution is 7.13. The van der Waals surface area contributed by atoms with E-state index < -0.39 is 5.91 Å². The fraction of sp³-hybridized carbons (Fsp3) is 0. The van der Waals surface area contributed by atoms with Gasteiger partial charge in [-0.15, -0.1) is 0 Å². The van der Waals surface area contributed by atoms with Crippen LogP contribution in [-0.2, 0) is 0 Å². The second-order valence-electron chi connectivity index (χ2n) is 2.58. The Morgan fingerprint density at radius 1 is 1.46 bits per heavy atom. The Kier molecular flexibility index (Phi) is 1.66. The molecule has 4 nitrogen and oxygen atoms in total. The molecule has 0 aliphatic heterocycles. The molecule has 0 atom stereocenters. The zero-order valence-corrected chi connectivity index (χ0v) is 7.35. The molecule has 0 saturated heterocycles. The summed E-state index contributed by atoms with van der Waals surface area (Å²) in [5.41, 5.74) is 5.14. The molecule has 0 fully saturated rings. The van der Waals surface area contributed by atoms with Crippen molar-refractivity contribution >= 4 is 27.5 Å².